The van der Waals surface area contributed by atoms with Crippen LogP contribution >= 0.6 is 0 Å². The lowest BCUT2D eigenvalue weighted by Crippen LogP contribution is -2.11. The third kappa shape index (κ3) is 4.89. The van der Waals surface area contributed by atoms with E-state index in [9.17, 15) is 9.18 Å². The first kappa shape index (κ1) is 19.9. The van der Waals surface area contributed by atoms with E-state index in [1.807, 2.05) is 0 Å². The van der Waals surface area contributed by atoms with Gasteiger partial charge in [0.05, 0.1) is 5.56 Å². The number of nitrogens with one attached hydrogen (secondary N) is 1. The number of amides is 1. The number of carbonyl (C=O) groups excluding carboxylic acids is 1. The van der Waals surface area contributed by atoms with E-state index in [4.69, 9.17) is 5.73 Å². The highest BCUT2D eigenvalue weighted by atomic mass is 19.1. The molecule has 146 valence electrons. The number of aromatic amines is 1. The van der Waals surface area contributed by atoms with Gasteiger partial charge in [-0.3, -0.25) is 4.79 Å². The fraction of sp³-hybridized carbons (Fsp3) is 0.292. The summed E-state index contributed by atoms with van der Waals surface area (Å²) in [5, 5.41) is 0. The molecule has 1 aliphatic carbocycles. The molecule has 0 spiro atoms. The summed E-state index contributed by atoms with van der Waals surface area (Å²) in [6.45, 7) is 2.38. The van der Waals surface area contributed by atoms with Gasteiger partial charge >= 0.3 is 0 Å². The fourth-order valence-electron chi connectivity index (χ4n) is 3.79. The van der Waals surface area contributed by atoms with Crippen LogP contribution in [-0.2, 0) is 0 Å². The van der Waals surface area contributed by atoms with Crippen LogP contribution in [0.25, 0.3) is 11.1 Å². The molecule has 1 amide bonds. The lowest BCUT2D eigenvalue weighted by Gasteiger charge is -2.26. The Balaban J connectivity index is 0.000000162. The van der Waals surface area contributed by atoms with Gasteiger partial charge in [-0.2, -0.15) is 0 Å². The van der Waals surface area contributed by atoms with Crippen LogP contribution in [0.2, 0.25) is 0 Å². The average molecular weight is 378 g/mol. The maximum absolute atomic E-state index is 13.4. The highest BCUT2D eigenvalue weighted by molar-refractivity contribution is 5.99. The molecule has 0 saturated heterocycles. The van der Waals surface area contributed by atoms with Crippen LogP contribution in [0.3, 0.4) is 0 Å². The summed E-state index contributed by atoms with van der Waals surface area (Å²) in [7, 11) is 0. The van der Waals surface area contributed by atoms with E-state index in [1.54, 1.807) is 30.0 Å². The monoisotopic (exact) mass is 378 g/mol. The first-order valence-corrected chi connectivity index (χ1v) is 9.82. The predicted octanol–water partition coefficient (Wildman–Crippen LogP) is 5.90. The van der Waals surface area contributed by atoms with E-state index in [-0.39, 0.29) is 5.82 Å². The molecule has 0 bridgehead atoms. The van der Waals surface area contributed by atoms with Crippen molar-refractivity contribution in [3.8, 4) is 11.1 Å². The van der Waals surface area contributed by atoms with Crippen molar-refractivity contribution in [1.29, 1.82) is 0 Å². The molecule has 1 aliphatic rings. The van der Waals surface area contributed by atoms with Gasteiger partial charge in [-0.15, -0.1) is 0 Å². The molecule has 28 heavy (non-hydrogen) atoms. The SMILES string of the molecule is CC1CCC(c2ccccc2)CC1.NC(=O)c1c[nH]cc1-c1ccccc1F. The second-order valence-electron chi connectivity index (χ2n) is 7.49. The minimum atomic E-state index is -0.575. The zero-order valence-electron chi connectivity index (χ0n) is 16.2. The van der Waals surface area contributed by atoms with Crippen molar-refractivity contribution in [3.63, 3.8) is 0 Å². The lowest BCUT2D eigenvalue weighted by molar-refractivity contribution is 0.100. The van der Waals surface area contributed by atoms with Gasteiger partial charge in [0.15, 0.2) is 0 Å². The number of primary amides is 1. The Bertz CT molecular complexity index is 896. The van der Waals surface area contributed by atoms with Crippen LogP contribution in [0.4, 0.5) is 4.39 Å². The zero-order chi connectivity index (χ0) is 19.9. The van der Waals surface area contributed by atoms with Gasteiger partial charge in [0.25, 0.3) is 5.91 Å². The summed E-state index contributed by atoms with van der Waals surface area (Å²) in [6.07, 6.45) is 8.64. The van der Waals surface area contributed by atoms with Gasteiger partial charge < -0.3 is 10.7 Å². The summed E-state index contributed by atoms with van der Waals surface area (Å²) in [5.41, 5.74) is 7.86. The molecule has 3 nitrogen and oxygen atoms in total. The highest BCUT2D eigenvalue weighted by Gasteiger charge is 2.19. The Morgan fingerprint density at radius 1 is 0.929 bits per heavy atom. The van der Waals surface area contributed by atoms with E-state index in [2.05, 4.69) is 42.2 Å². The molecule has 2 aromatic carbocycles. The lowest BCUT2D eigenvalue weighted by atomic mass is 9.79. The van der Waals surface area contributed by atoms with Crippen molar-refractivity contribution in [3.05, 3.63) is 83.9 Å². The number of rotatable bonds is 3. The zero-order valence-corrected chi connectivity index (χ0v) is 16.2. The number of aromatic nitrogens is 1. The van der Waals surface area contributed by atoms with Gasteiger partial charge in [0, 0.05) is 23.5 Å². The second kappa shape index (κ2) is 9.36. The highest BCUT2D eigenvalue weighted by Crippen LogP contribution is 2.35. The van der Waals surface area contributed by atoms with Crippen LogP contribution in [0.15, 0.2) is 67.0 Å². The molecule has 1 aromatic heterocycles. The molecule has 3 N–H and O–H groups in total. The minimum Gasteiger partial charge on any atom is -0.366 e. The van der Waals surface area contributed by atoms with Gasteiger partial charge in [0.2, 0.25) is 0 Å². The van der Waals surface area contributed by atoms with Crippen molar-refractivity contribution < 1.29 is 9.18 Å². The van der Waals surface area contributed by atoms with E-state index < -0.39 is 5.91 Å². The van der Waals surface area contributed by atoms with Crippen molar-refractivity contribution in [2.24, 2.45) is 11.7 Å². The van der Waals surface area contributed by atoms with E-state index in [0.717, 1.165) is 11.8 Å². The second-order valence-corrected chi connectivity index (χ2v) is 7.49. The standard InChI is InChI=1S/C13H18.C11H9FN2O/c1-11-7-9-13(10-8-11)12-5-3-2-4-6-12;12-10-4-2-1-3-7(10)8-5-14-6-9(8)11(13)15/h2-6,11,13H,7-10H2,1H3;1-6,14H,(H2,13,15). The maximum atomic E-state index is 13.4. The van der Waals surface area contributed by atoms with Crippen LogP contribution in [-0.4, -0.2) is 10.9 Å². The quantitative estimate of drug-likeness (QED) is 0.586. The third-order valence-corrected chi connectivity index (χ3v) is 5.46. The smallest absolute Gasteiger partial charge is 0.250 e. The first-order chi connectivity index (χ1) is 13.6. The van der Waals surface area contributed by atoms with Gasteiger partial charge in [-0.05, 0) is 36.3 Å². The fourth-order valence-corrected chi connectivity index (χ4v) is 3.79. The Morgan fingerprint density at radius 2 is 1.57 bits per heavy atom. The summed E-state index contributed by atoms with van der Waals surface area (Å²) in [5.74, 6) is 0.853. The van der Waals surface area contributed by atoms with Gasteiger partial charge in [-0.25, -0.2) is 4.39 Å². The van der Waals surface area contributed by atoms with Crippen LogP contribution in [0.1, 0.15) is 54.4 Å². The Morgan fingerprint density at radius 3 is 2.21 bits per heavy atom. The van der Waals surface area contributed by atoms with Crippen molar-refractivity contribution in [1.82, 2.24) is 4.98 Å². The van der Waals surface area contributed by atoms with E-state index in [0.29, 0.717) is 16.7 Å². The average Bonchev–Trinajstić information content (AvgIpc) is 3.20. The van der Waals surface area contributed by atoms with Crippen molar-refractivity contribution in [2.45, 2.75) is 38.5 Å². The molecule has 0 unspecified atom stereocenters. The maximum Gasteiger partial charge on any atom is 0.250 e. The largest absolute Gasteiger partial charge is 0.366 e. The third-order valence-electron chi connectivity index (χ3n) is 5.46. The minimum absolute atomic E-state index is 0.292. The molecule has 4 heteroatoms. The van der Waals surface area contributed by atoms with Crippen LogP contribution < -0.4 is 5.73 Å². The Labute approximate surface area is 165 Å². The van der Waals surface area contributed by atoms with Crippen molar-refractivity contribution >= 4 is 5.91 Å². The molecule has 4 rings (SSSR count). The number of benzene rings is 2. The molecule has 0 atom stereocenters. The molecule has 1 fully saturated rings. The number of halogens is 1. The predicted molar refractivity (Wildman–Crippen MR) is 112 cm³/mol. The molecule has 1 saturated carbocycles. The number of H-pyrrole nitrogens is 1. The summed E-state index contributed by atoms with van der Waals surface area (Å²) >= 11 is 0. The topological polar surface area (TPSA) is 58.9 Å². The molecule has 1 heterocycles. The van der Waals surface area contributed by atoms with E-state index in [1.165, 1.54) is 37.9 Å². The molecule has 3 aromatic rings. The summed E-state index contributed by atoms with van der Waals surface area (Å²) in [4.78, 5) is 13.8. The number of hydrogen-bond acceptors (Lipinski definition) is 1. The summed E-state index contributed by atoms with van der Waals surface area (Å²) < 4.78 is 13.4. The van der Waals surface area contributed by atoms with Crippen LogP contribution in [0.5, 0.6) is 0 Å². The van der Waals surface area contributed by atoms with Crippen LogP contribution in [0, 0.1) is 11.7 Å². The summed E-state index contributed by atoms with van der Waals surface area (Å²) in [6, 6.07) is 17.2. The Hall–Kier alpha value is -2.88. The molecule has 0 aliphatic heterocycles. The number of hydrogen-bond donors (Lipinski definition) is 2. The van der Waals surface area contributed by atoms with E-state index >= 15 is 0 Å². The van der Waals surface area contributed by atoms with Gasteiger partial charge in [-0.1, -0.05) is 68.3 Å². The van der Waals surface area contributed by atoms with Crippen molar-refractivity contribution in [2.75, 3.05) is 0 Å². The number of carbonyl (C=O) groups is 1. The first-order valence-electron chi connectivity index (χ1n) is 9.82. The van der Waals surface area contributed by atoms with Gasteiger partial charge in [0.1, 0.15) is 5.82 Å². The normalized spacial score (nSPS) is 18.8. The number of nitrogens with two attached hydrogens (primary N) is 1. The molecular weight excluding hydrogens is 351 g/mol. The molecule has 0 radical (unpaired) electrons. The Kier molecular flexibility index (Phi) is 6.64. The molecular formula is C24H27FN2O.